The predicted octanol–water partition coefficient (Wildman–Crippen LogP) is 3.89. The van der Waals surface area contributed by atoms with Crippen LogP contribution in [0.1, 0.15) is 37.9 Å². The summed E-state index contributed by atoms with van der Waals surface area (Å²) in [5.74, 6) is 0.267. The summed E-state index contributed by atoms with van der Waals surface area (Å²) < 4.78 is 31.9. The van der Waals surface area contributed by atoms with Gasteiger partial charge in [-0.25, -0.2) is 34.2 Å². The van der Waals surface area contributed by atoms with Gasteiger partial charge in [-0.1, -0.05) is 6.07 Å². The topological polar surface area (TPSA) is 130 Å². The van der Waals surface area contributed by atoms with Crippen molar-refractivity contribution in [3.63, 3.8) is 0 Å². The molecule has 5 rings (SSSR count). The van der Waals surface area contributed by atoms with Gasteiger partial charge in [0.25, 0.3) is 0 Å². The van der Waals surface area contributed by atoms with Gasteiger partial charge in [0.2, 0.25) is 5.95 Å². The maximum absolute atomic E-state index is 15.1. The number of fused-ring (bicyclic) bond motifs is 2. The molecule has 0 amide bonds. The van der Waals surface area contributed by atoms with Crippen molar-refractivity contribution in [1.82, 2.24) is 34.9 Å². The largest absolute Gasteiger partial charge is 0.329 e. The van der Waals surface area contributed by atoms with E-state index in [1.807, 2.05) is 44.4 Å². The Morgan fingerprint density at radius 2 is 1.85 bits per heavy atom. The lowest BCUT2D eigenvalue weighted by molar-refractivity contribution is 0.194. The third kappa shape index (κ3) is 6.19. The van der Waals surface area contributed by atoms with Crippen molar-refractivity contribution in [2.24, 2.45) is 5.73 Å². The Hall–Kier alpha value is -3.58. The molecular formula is C27H35F2N9O. The number of hydroxylamine groups is 1. The van der Waals surface area contributed by atoms with Crippen molar-refractivity contribution in [3.8, 4) is 11.3 Å². The molecule has 10 nitrogen and oxygen atoms in total. The van der Waals surface area contributed by atoms with Crippen LogP contribution < -0.4 is 16.5 Å². The molecule has 1 aromatic carbocycles. The summed E-state index contributed by atoms with van der Waals surface area (Å²) in [5.41, 5.74) is 10.4. The molecule has 0 atom stereocenters. The van der Waals surface area contributed by atoms with E-state index in [9.17, 15) is 4.39 Å². The van der Waals surface area contributed by atoms with E-state index in [2.05, 4.69) is 25.2 Å². The number of nitrogens with one attached hydrogen (secondary N) is 2. The number of benzene rings is 1. The highest BCUT2D eigenvalue weighted by Crippen LogP contribution is 2.32. The van der Waals surface area contributed by atoms with Crippen LogP contribution in [0.2, 0.25) is 0 Å². The first kappa shape index (κ1) is 28.4. The molecule has 0 radical (unpaired) electrons. The molecule has 0 aliphatic carbocycles. The van der Waals surface area contributed by atoms with E-state index in [1.165, 1.54) is 13.1 Å². The molecule has 12 heteroatoms. The summed E-state index contributed by atoms with van der Waals surface area (Å²) in [6, 6.07) is 6.87. The maximum atomic E-state index is 15.1. The van der Waals surface area contributed by atoms with Gasteiger partial charge in [-0.3, -0.25) is 4.90 Å². The molecule has 1 aliphatic heterocycles. The van der Waals surface area contributed by atoms with Crippen LogP contribution in [0.4, 0.5) is 20.5 Å². The average Bonchev–Trinajstić information content (AvgIpc) is 3.23. The van der Waals surface area contributed by atoms with E-state index < -0.39 is 11.6 Å². The Morgan fingerprint density at radius 1 is 1.10 bits per heavy atom. The highest BCUT2D eigenvalue weighted by molar-refractivity contribution is 5.83. The number of nitrogens with two attached hydrogens (primary N) is 1. The van der Waals surface area contributed by atoms with E-state index in [4.69, 9.17) is 15.9 Å². The fourth-order valence-corrected chi connectivity index (χ4v) is 4.90. The van der Waals surface area contributed by atoms with E-state index in [-0.39, 0.29) is 22.7 Å². The van der Waals surface area contributed by atoms with Crippen molar-refractivity contribution in [3.05, 3.63) is 59.2 Å². The number of imidazole rings is 1. The first-order valence-corrected chi connectivity index (χ1v) is 12.8. The molecule has 0 bridgehead atoms. The number of hydrogen-bond donors (Lipinski definition) is 4. The van der Waals surface area contributed by atoms with Gasteiger partial charge in [-0.2, -0.15) is 0 Å². The minimum absolute atomic E-state index is 0.00278. The number of rotatable bonds is 5. The zero-order valence-electron chi connectivity index (χ0n) is 22.9. The van der Waals surface area contributed by atoms with Crippen molar-refractivity contribution < 1.29 is 14.0 Å². The Kier molecular flexibility index (Phi) is 8.50. The monoisotopic (exact) mass is 539 g/mol. The number of anilines is 2. The Labute approximate surface area is 226 Å². The molecule has 0 spiro atoms. The molecule has 0 saturated heterocycles. The number of halogens is 2. The van der Waals surface area contributed by atoms with Crippen molar-refractivity contribution in [2.45, 2.75) is 46.2 Å². The van der Waals surface area contributed by atoms with E-state index >= 15 is 4.39 Å². The number of nitrogens with zero attached hydrogens (tertiary/aromatic N) is 6. The molecular weight excluding hydrogens is 504 g/mol. The van der Waals surface area contributed by atoms with Gasteiger partial charge in [0.05, 0.1) is 11.7 Å². The highest BCUT2D eigenvalue weighted by atomic mass is 19.1. The fourth-order valence-electron chi connectivity index (χ4n) is 4.90. The zero-order valence-corrected chi connectivity index (χ0v) is 22.9. The van der Waals surface area contributed by atoms with Crippen molar-refractivity contribution in [2.75, 3.05) is 32.0 Å². The molecule has 3 aromatic heterocycles. The quantitative estimate of drug-likeness (QED) is 0.279. The molecule has 4 aromatic rings. The van der Waals surface area contributed by atoms with Crippen molar-refractivity contribution in [1.29, 1.82) is 0 Å². The Bertz CT molecular complexity index is 1470. The second-order valence-corrected chi connectivity index (χ2v) is 10.3. The molecule has 0 fully saturated rings. The van der Waals surface area contributed by atoms with Gasteiger partial charge in [0.15, 0.2) is 11.6 Å². The lowest BCUT2D eigenvalue weighted by Crippen LogP contribution is -2.34. The van der Waals surface area contributed by atoms with Gasteiger partial charge >= 0.3 is 0 Å². The van der Waals surface area contributed by atoms with Crippen LogP contribution in [-0.2, 0) is 18.5 Å². The lowest BCUT2D eigenvalue weighted by atomic mass is 10.1. The van der Waals surface area contributed by atoms with Gasteiger partial charge in [0, 0.05) is 56.4 Å². The number of hydrogen-bond acceptors (Lipinski definition) is 9. The van der Waals surface area contributed by atoms with E-state index in [0.29, 0.717) is 29.3 Å². The summed E-state index contributed by atoms with van der Waals surface area (Å²) in [7, 11) is 1.43. The van der Waals surface area contributed by atoms with Crippen LogP contribution in [0, 0.1) is 18.6 Å². The summed E-state index contributed by atoms with van der Waals surface area (Å²) in [6.07, 6.45) is 1.91. The second-order valence-electron chi connectivity index (χ2n) is 10.3. The minimum atomic E-state index is -0.642. The van der Waals surface area contributed by atoms with E-state index in [1.54, 1.807) is 11.5 Å². The summed E-state index contributed by atoms with van der Waals surface area (Å²) in [5, 5.41) is 10.4. The normalized spacial score (nSPS) is 13.7. The van der Waals surface area contributed by atoms with Gasteiger partial charge in [-0.15, -0.1) is 0 Å². The predicted molar refractivity (Wildman–Crippen MR) is 147 cm³/mol. The minimum Gasteiger partial charge on any atom is -0.329 e. The highest BCUT2D eigenvalue weighted by Gasteiger charge is 2.23. The zero-order chi connectivity index (χ0) is 28.3. The molecule has 5 N–H and O–H groups in total. The van der Waals surface area contributed by atoms with Gasteiger partial charge in [-0.05, 0) is 51.5 Å². The Morgan fingerprint density at radius 3 is 2.54 bits per heavy atom. The molecule has 0 saturated carbocycles. The van der Waals surface area contributed by atoms with Gasteiger partial charge < -0.3 is 20.8 Å². The molecule has 39 heavy (non-hydrogen) atoms. The summed E-state index contributed by atoms with van der Waals surface area (Å²) >= 11 is 0. The fraction of sp³-hybridized carbons (Fsp3) is 0.407. The third-order valence-electron chi connectivity index (χ3n) is 6.38. The van der Waals surface area contributed by atoms with Crippen LogP contribution in [0.15, 0.2) is 30.5 Å². The molecule has 1 aliphatic rings. The number of aromatic nitrogens is 5. The molecule has 0 unspecified atom stereocenters. The summed E-state index contributed by atoms with van der Waals surface area (Å²) in [6.45, 7) is 11.1. The Balaban J connectivity index is 0.00000112. The summed E-state index contributed by atoms with van der Waals surface area (Å²) in [4.78, 5) is 19.9. The first-order valence-electron chi connectivity index (χ1n) is 12.8. The maximum Gasteiger partial charge on any atom is 0.229 e. The second kappa shape index (κ2) is 11.7. The standard InChI is InChI=1S/C26H30F2N8.CH5NO/c1-15-31-24-18(27)11-17(12-21(24)36(15)26(2,3)4)23-19(28)13-30-25(34-23)33-22-6-5-16-14-35(10-8-29)9-7-20(16)32-22;1-2-3/h5-6,11-13H,7-10,14,29H2,1-4H3,(H,30,32,33,34);2-3H,1H3. The van der Waals surface area contributed by atoms with Crippen LogP contribution >= 0.6 is 0 Å². The van der Waals surface area contributed by atoms with Crippen LogP contribution in [0.25, 0.3) is 22.3 Å². The number of pyridine rings is 1. The van der Waals surface area contributed by atoms with E-state index in [0.717, 1.165) is 43.5 Å². The van der Waals surface area contributed by atoms with Crippen LogP contribution in [0.5, 0.6) is 0 Å². The van der Waals surface area contributed by atoms with Crippen LogP contribution in [-0.4, -0.2) is 61.3 Å². The molecule has 4 heterocycles. The third-order valence-corrected chi connectivity index (χ3v) is 6.38. The number of aryl methyl sites for hydroxylation is 1. The van der Waals surface area contributed by atoms with Gasteiger partial charge in [0.1, 0.15) is 22.9 Å². The smallest absolute Gasteiger partial charge is 0.229 e. The average molecular weight is 540 g/mol. The van der Waals surface area contributed by atoms with Crippen LogP contribution in [0.3, 0.4) is 0 Å². The first-order chi connectivity index (χ1) is 18.5. The lowest BCUT2D eigenvalue weighted by Gasteiger charge is -2.27. The van der Waals surface area contributed by atoms with Crippen molar-refractivity contribution >= 4 is 22.8 Å². The molecule has 208 valence electrons. The SMILES string of the molecule is CNO.Cc1nc2c(F)cc(-c3nc(Nc4ccc5c(n4)CCN(CCN)C5)ncc3F)cc2n1C(C)(C)C.